The number of carbonyl (C=O) groups is 1. The molecule has 1 aliphatic rings. The molecule has 20 heavy (non-hydrogen) atoms. The molecular formula is C16H17NO2S. The molecule has 104 valence electrons. The maximum atomic E-state index is 10.9. The summed E-state index contributed by atoms with van der Waals surface area (Å²) in [6.07, 6.45) is 1.12. The molecule has 1 N–H and O–H groups in total. The molecule has 1 unspecified atom stereocenters. The third kappa shape index (κ3) is 2.49. The van der Waals surface area contributed by atoms with Gasteiger partial charge in [-0.1, -0.05) is 12.1 Å². The highest BCUT2D eigenvalue weighted by atomic mass is 32.1. The number of rotatable bonds is 3. The SMILES string of the molecule is CC1c2ccsc2CCN1Cc1ccc(C(=O)O)cc1. The van der Waals surface area contributed by atoms with E-state index in [0.29, 0.717) is 11.6 Å². The van der Waals surface area contributed by atoms with E-state index in [4.69, 9.17) is 5.11 Å². The third-order valence-electron chi connectivity index (χ3n) is 3.99. The quantitative estimate of drug-likeness (QED) is 0.938. The molecule has 2 aromatic rings. The summed E-state index contributed by atoms with van der Waals surface area (Å²) in [6.45, 7) is 4.18. The van der Waals surface area contributed by atoms with Gasteiger partial charge in [0.2, 0.25) is 0 Å². The summed E-state index contributed by atoms with van der Waals surface area (Å²) in [6, 6.07) is 9.86. The number of carboxylic acids is 1. The first kappa shape index (κ1) is 13.3. The van der Waals surface area contributed by atoms with Crippen molar-refractivity contribution in [3.63, 3.8) is 0 Å². The van der Waals surface area contributed by atoms with Gasteiger partial charge in [0.25, 0.3) is 0 Å². The average Bonchev–Trinajstić information content (AvgIpc) is 2.92. The van der Waals surface area contributed by atoms with Crippen molar-refractivity contribution >= 4 is 17.3 Å². The Labute approximate surface area is 122 Å². The predicted molar refractivity (Wildman–Crippen MR) is 80.2 cm³/mol. The monoisotopic (exact) mass is 287 g/mol. The predicted octanol–water partition coefficient (Wildman–Crippen LogP) is 3.57. The van der Waals surface area contributed by atoms with Crippen molar-refractivity contribution in [2.75, 3.05) is 6.54 Å². The summed E-state index contributed by atoms with van der Waals surface area (Å²) in [5.41, 5.74) is 2.96. The van der Waals surface area contributed by atoms with Crippen LogP contribution in [0.1, 0.15) is 39.3 Å². The van der Waals surface area contributed by atoms with Crippen molar-refractivity contribution in [1.82, 2.24) is 4.90 Å². The Hall–Kier alpha value is -1.65. The molecule has 0 amide bonds. The third-order valence-corrected chi connectivity index (χ3v) is 4.99. The highest BCUT2D eigenvalue weighted by Crippen LogP contribution is 2.33. The van der Waals surface area contributed by atoms with Crippen molar-refractivity contribution in [3.05, 3.63) is 57.3 Å². The average molecular weight is 287 g/mol. The maximum Gasteiger partial charge on any atom is 0.335 e. The van der Waals surface area contributed by atoms with Crippen LogP contribution in [0.3, 0.4) is 0 Å². The van der Waals surface area contributed by atoms with Gasteiger partial charge in [-0.25, -0.2) is 4.79 Å². The lowest BCUT2D eigenvalue weighted by Crippen LogP contribution is -2.32. The Kier molecular flexibility index (Phi) is 3.59. The highest BCUT2D eigenvalue weighted by molar-refractivity contribution is 7.10. The first-order valence-corrected chi connectivity index (χ1v) is 7.65. The standard InChI is InChI=1S/C16H17NO2S/c1-11-14-7-9-20-15(14)6-8-17(11)10-12-2-4-13(5-3-12)16(18)19/h2-5,7,9,11H,6,8,10H2,1H3,(H,18,19). The van der Waals surface area contributed by atoms with E-state index in [1.54, 1.807) is 12.1 Å². The van der Waals surface area contributed by atoms with E-state index in [2.05, 4.69) is 23.3 Å². The Morgan fingerprint density at radius 1 is 1.35 bits per heavy atom. The molecule has 0 saturated carbocycles. The number of hydrogen-bond acceptors (Lipinski definition) is 3. The fourth-order valence-electron chi connectivity index (χ4n) is 2.76. The van der Waals surface area contributed by atoms with Crippen LogP contribution in [0.15, 0.2) is 35.7 Å². The summed E-state index contributed by atoms with van der Waals surface area (Å²) in [5, 5.41) is 11.1. The number of hydrogen-bond donors (Lipinski definition) is 1. The number of thiophene rings is 1. The van der Waals surface area contributed by atoms with E-state index < -0.39 is 5.97 Å². The second-order valence-electron chi connectivity index (χ2n) is 5.20. The van der Waals surface area contributed by atoms with Gasteiger partial charge in [-0.05, 0) is 48.1 Å². The Morgan fingerprint density at radius 2 is 2.10 bits per heavy atom. The maximum absolute atomic E-state index is 10.9. The van der Waals surface area contributed by atoms with Crippen LogP contribution >= 0.6 is 11.3 Å². The number of fused-ring (bicyclic) bond motifs is 1. The molecule has 0 radical (unpaired) electrons. The minimum atomic E-state index is -0.870. The van der Waals surface area contributed by atoms with E-state index in [-0.39, 0.29) is 0 Å². The summed E-state index contributed by atoms with van der Waals surface area (Å²) in [7, 11) is 0. The van der Waals surface area contributed by atoms with Gasteiger partial charge in [-0.2, -0.15) is 0 Å². The molecule has 4 heteroatoms. The van der Waals surface area contributed by atoms with E-state index in [1.165, 1.54) is 16.0 Å². The fourth-order valence-corrected chi connectivity index (χ4v) is 3.73. The second kappa shape index (κ2) is 5.38. The molecule has 0 fully saturated rings. The largest absolute Gasteiger partial charge is 0.478 e. The van der Waals surface area contributed by atoms with Crippen molar-refractivity contribution in [3.8, 4) is 0 Å². The topological polar surface area (TPSA) is 40.5 Å². The lowest BCUT2D eigenvalue weighted by Gasteiger charge is -2.33. The molecule has 0 saturated heterocycles. The van der Waals surface area contributed by atoms with Crippen molar-refractivity contribution in [1.29, 1.82) is 0 Å². The summed E-state index contributed by atoms with van der Waals surface area (Å²) in [5.74, 6) is -0.870. The first-order chi connectivity index (χ1) is 9.65. The molecule has 1 aromatic carbocycles. The van der Waals surface area contributed by atoms with Crippen LogP contribution in [-0.2, 0) is 13.0 Å². The van der Waals surface area contributed by atoms with Crippen LogP contribution in [-0.4, -0.2) is 22.5 Å². The van der Waals surface area contributed by atoms with Crippen molar-refractivity contribution in [2.45, 2.75) is 25.9 Å². The smallest absolute Gasteiger partial charge is 0.335 e. The number of aromatic carboxylic acids is 1. The first-order valence-electron chi connectivity index (χ1n) is 6.77. The van der Waals surface area contributed by atoms with Crippen LogP contribution in [0.4, 0.5) is 0 Å². The fraction of sp³-hybridized carbons (Fsp3) is 0.312. The zero-order chi connectivity index (χ0) is 14.1. The van der Waals surface area contributed by atoms with Gasteiger partial charge < -0.3 is 5.11 Å². The molecule has 2 heterocycles. The highest BCUT2D eigenvalue weighted by Gasteiger charge is 2.24. The number of nitrogens with zero attached hydrogens (tertiary/aromatic N) is 1. The minimum absolute atomic E-state index is 0.348. The lowest BCUT2D eigenvalue weighted by atomic mass is 10.0. The molecule has 1 aliphatic heterocycles. The molecular weight excluding hydrogens is 270 g/mol. The van der Waals surface area contributed by atoms with Crippen LogP contribution in [0.25, 0.3) is 0 Å². The molecule has 0 bridgehead atoms. The van der Waals surface area contributed by atoms with Crippen LogP contribution < -0.4 is 0 Å². The molecule has 1 atom stereocenters. The number of benzene rings is 1. The molecule has 0 aliphatic carbocycles. The Morgan fingerprint density at radius 3 is 2.80 bits per heavy atom. The van der Waals surface area contributed by atoms with Gasteiger partial charge in [0.05, 0.1) is 5.56 Å². The van der Waals surface area contributed by atoms with Crippen LogP contribution in [0.5, 0.6) is 0 Å². The van der Waals surface area contributed by atoms with Crippen molar-refractivity contribution in [2.24, 2.45) is 0 Å². The summed E-state index contributed by atoms with van der Waals surface area (Å²) < 4.78 is 0. The summed E-state index contributed by atoms with van der Waals surface area (Å²) >= 11 is 1.85. The van der Waals surface area contributed by atoms with Gasteiger partial charge in [0.1, 0.15) is 0 Å². The van der Waals surface area contributed by atoms with E-state index in [9.17, 15) is 4.79 Å². The van der Waals surface area contributed by atoms with E-state index >= 15 is 0 Å². The van der Waals surface area contributed by atoms with Gasteiger partial charge in [-0.15, -0.1) is 11.3 Å². The van der Waals surface area contributed by atoms with Gasteiger partial charge in [-0.3, -0.25) is 4.90 Å². The van der Waals surface area contributed by atoms with Crippen molar-refractivity contribution < 1.29 is 9.90 Å². The second-order valence-corrected chi connectivity index (χ2v) is 6.20. The molecule has 3 rings (SSSR count). The Bertz CT molecular complexity index is 618. The normalized spacial score (nSPS) is 18.8. The number of carboxylic acid groups (broad SMARTS) is 1. The molecule has 1 aromatic heterocycles. The van der Waals surface area contributed by atoms with Crippen LogP contribution in [0, 0.1) is 0 Å². The zero-order valence-corrected chi connectivity index (χ0v) is 12.2. The van der Waals surface area contributed by atoms with E-state index in [1.807, 2.05) is 23.5 Å². The molecule has 0 spiro atoms. The Balaban J connectivity index is 1.74. The van der Waals surface area contributed by atoms with Crippen LogP contribution in [0.2, 0.25) is 0 Å². The summed E-state index contributed by atoms with van der Waals surface area (Å²) in [4.78, 5) is 14.8. The molecule has 3 nitrogen and oxygen atoms in total. The minimum Gasteiger partial charge on any atom is -0.478 e. The van der Waals surface area contributed by atoms with Gasteiger partial charge in [0.15, 0.2) is 0 Å². The van der Waals surface area contributed by atoms with E-state index in [0.717, 1.165) is 19.5 Å². The van der Waals surface area contributed by atoms with Gasteiger partial charge >= 0.3 is 5.97 Å². The lowest BCUT2D eigenvalue weighted by molar-refractivity contribution is 0.0697. The van der Waals surface area contributed by atoms with Gasteiger partial charge in [0, 0.05) is 24.0 Å². The zero-order valence-electron chi connectivity index (χ0n) is 11.4.